The van der Waals surface area contributed by atoms with Crippen molar-refractivity contribution < 1.29 is 9.90 Å². The van der Waals surface area contributed by atoms with E-state index in [0.717, 1.165) is 32.7 Å². The van der Waals surface area contributed by atoms with Crippen LogP contribution in [0, 0.1) is 18.3 Å². The first-order chi connectivity index (χ1) is 13.5. The highest BCUT2D eigenvalue weighted by atomic mass is 79.9. The molecule has 4 nitrogen and oxygen atoms in total. The molecule has 0 fully saturated rings. The van der Waals surface area contributed by atoms with Crippen LogP contribution in [0.3, 0.4) is 0 Å². The molecule has 3 aromatic rings. The molecular weight excluding hydrogens is 416 g/mol. The van der Waals surface area contributed by atoms with Crippen molar-refractivity contribution in [2.45, 2.75) is 33.6 Å². The van der Waals surface area contributed by atoms with Gasteiger partial charge in [-0.3, -0.25) is 4.79 Å². The van der Waals surface area contributed by atoms with Crippen LogP contribution in [-0.2, 0) is 11.2 Å². The van der Waals surface area contributed by atoms with Gasteiger partial charge in [-0.1, -0.05) is 41.9 Å². The molecule has 3 rings (SSSR count). The Bertz CT molecular complexity index is 998. The van der Waals surface area contributed by atoms with Gasteiger partial charge < -0.3 is 9.67 Å². The molecule has 0 saturated heterocycles. The smallest absolute Gasteiger partial charge is 0.303 e. The number of halogens is 1. The second-order valence-electron chi connectivity index (χ2n) is 6.06. The van der Waals surface area contributed by atoms with Crippen molar-refractivity contribution >= 4 is 21.9 Å². The summed E-state index contributed by atoms with van der Waals surface area (Å²) in [4.78, 5) is 11.0. The van der Waals surface area contributed by atoms with Crippen LogP contribution in [0.1, 0.15) is 37.1 Å². The van der Waals surface area contributed by atoms with Gasteiger partial charge in [-0.05, 0) is 66.9 Å². The third-order valence-corrected chi connectivity index (χ3v) is 4.79. The summed E-state index contributed by atoms with van der Waals surface area (Å²) in [6, 6.07) is 19.7. The van der Waals surface area contributed by atoms with Crippen LogP contribution in [0.15, 0.2) is 59.1 Å². The van der Waals surface area contributed by atoms with Crippen molar-refractivity contribution in [2.24, 2.45) is 0 Å². The van der Waals surface area contributed by atoms with Crippen molar-refractivity contribution in [1.29, 1.82) is 5.26 Å². The summed E-state index contributed by atoms with van der Waals surface area (Å²) in [5.74, 6) is -0.820. The number of rotatable bonds is 5. The SMILES string of the molecule is CC.Cc1cc(C#N)ccc1-n1c(CCC(=O)O)ccc1-c1ccc(Br)cc1. The van der Waals surface area contributed by atoms with Gasteiger partial charge >= 0.3 is 5.97 Å². The molecule has 0 saturated carbocycles. The number of carboxylic acids is 1. The fourth-order valence-corrected chi connectivity index (χ4v) is 3.28. The van der Waals surface area contributed by atoms with Crippen LogP contribution < -0.4 is 0 Å². The van der Waals surface area contributed by atoms with Gasteiger partial charge in [0.25, 0.3) is 0 Å². The Hall–Kier alpha value is -2.84. The monoisotopic (exact) mass is 438 g/mol. The van der Waals surface area contributed by atoms with Gasteiger partial charge in [0.1, 0.15) is 0 Å². The minimum absolute atomic E-state index is 0.0686. The molecule has 1 aromatic heterocycles. The quantitative estimate of drug-likeness (QED) is 0.520. The average Bonchev–Trinajstić information content (AvgIpc) is 3.12. The zero-order chi connectivity index (χ0) is 20.7. The molecule has 0 amide bonds. The van der Waals surface area contributed by atoms with Gasteiger partial charge in [0.05, 0.1) is 23.7 Å². The lowest BCUT2D eigenvalue weighted by atomic mass is 10.1. The lowest BCUT2D eigenvalue weighted by Gasteiger charge is -2.16. The zero-order valence-corrected chi connectivity index (χ0v) is 17.8. The average molecular weight is 439 g/mol. The van der Waals surface area contributed by atoms with E-state index in [1.165, 1.54) is 0 Å². The summed E-state index contributed by atoms with van der Waals surface area (Å²) in [5.41, 5.74) is 5.49. The lowest BCUT2D eigenvalue weighted by molar-refractivity contribution is -0.136. The Kier molecular flexibility index (Phi) is 7.60. The third kappa shape index (κ3) is 4.90. The highest BCUT2D eigenvalue weighted by Gasteiger charge is 2.15. The van der Waals surface area contributed by atoms with Crippen LogP contribution in [0.25, 0.3) is 16.9 Å². The van der Waals surface area contributed by atoms with E-state index >= 15 is 0 Å². The van der Waals surface area contributed by atoms with Crippen molar-refractivity contribution in [3.63, 3.8) is 0 Å². The van der Waals surface area contributed by atoms with Crippen molar-refractivity contribution in [1.82, 2.24) is 4.57 Å². The molecule has 0 bridgehead atoms. The summed E-state index contributed by atoms with van der Waals surface area (Å²) in [5, 5.41) is 18.2. The molecule has 5 heteroatoms. The second-order valence-corrected chi connectivity index (χ2v) is 6.97. The fraction of sp³-hybridized carbons (Fsp3) is 0.217. The third-order valence-electron chi connectivity index (χ3n) is 4.26. The summed E-state index contributed by atoms with van der Waals surface area (Å²) >= 11 is 3.45. The first-order valence-corrected chi connectivity index (χ1v) is 9.98. The Balaban J connectivity index is 0.00000136. The first kappa shape index (κ1) is 21.5. The minimum Gasteiger partial charge on any atom is -0.481 e. The Morgan fingerprint density at radius 2 is 1.79 bits per heavy atom. The molecule has 1 heterocycles. The Morgan fingerprint density at radius 3 is 2.36 bits per heavy atom. The molecule has 28 heavy (non-hydrogen) atoms. The maximum Gasteiger partial charge on any atom is 0.303 e. The maximum absolute atomic E-state index is 11.0. The number of nitriles is 1. The number of aryl methyl sites for hydroxylation is 2. The number of hydrogen-bond donors (Lipinski definition) is 1. The van der Waals surface area contributed by atoms with Crippen LogP contribution in [0.5, 0.6) is 0 Å². The number of benzene rings is 2. The molecule has 2 aromatic carbocycles. The molecule has 0 atom stereocenters. The second kappa shape index (κ2) is 9.91. The molecule has 144 valence electrons. The van der Waals surface area contributed by atoms with Crippen molar-refractivity contribution in [3.8, 4) is 23.0 Å². The predicted octanol–water partition coefficient (Wildman–Crippen LogP) is 6.13. The molecule has 0 aliphatic carbocycles. The molecular formula is C23H23BrN2O2. The molecule has 0 aliphatic rings. The topological polar surface area (TPSA) is 66.0 Å². The van der Waals surface area contributed by atoms with Gasteiger partial charge in [-0.15, -0.1) is 0 Å². The van der Waals surface area contributed by atoms with E-state index in [-0.39, 0.29) is 6.42 Å². The molecule has 0 aliphatic heterocycles. The molecule has 0 spiro atoms. The van der Waals surface area contributed by atoms with Crippen molar-refractivity contribution in [3.05, 3.63) is 75.9 Å². The van der Waals surface area contributed by atoms with Gasteiger partial charge in [0.15, 0.2) is 0 Å². The van der Waals surface area contributed by atoms with Crippen LogP contribution in [0.4, 0.5) is 0 Å². The number of carbonyl (C=O) groups is 1. The van der Waals surface area contributed by atoms with Crippen LogP contribution >= 0.6 is 15.9 Å². The largest absolute Gasteiger partial charge is 0.481 e. The van der Waals surface area contributed by atoms with Gasteiger partial charge in [0, 0.05) is 15.9 Å². The Morgan fingerprint density at radius 1 is 1.11 bits per heavy atom. The van der Waals surface area contributed by atoms with Crippen LogP contribution in [-0.4, -0.2) is 15.6 Å². The summed E-state index contributed by atoms with van der Waals surface area (Å²) in [6.07, 6.45) is 0.504. The van der Waals surface area contributed by atoms with E-state index in [4.69, 9.17) is 10.4 Å². The lowest BCUT2D eigenvalue weighted by Crippen LogP contribution is -2.07. The first-order valence-electron chi connectivity index (χ1n) is 9.19. The van der Waals surface area contributed by atoms with Crippen LogP contribution in [0.2, 0.25) is 0 Å². The molecule has 0 unspecified atom stereocenters. The van der Waals surface area contributed by atoms with Gasteiger partial charge in [-0.25, -0.2) is 0 Å². The van der Waals surface area contributed by atoms with Crippen molar-refractivity contribution in [2.75, 3.05) is 0 Å². The molecule has 1 N–H and O–H groups in total. The number of nitrogens with zero attached hydrogens (tertiary/aromatic N) is 2. The fourth-order valence-electron chi connectivity index (χ4n) is 3.02. The maximum atomic E-state index is 11.0. The van der Waals surface area contributed by atoms with E-state index in [1.807, 2.05) is 69.3 Å². The highest BCUT2D eigenvalue weighted by molar-refractivity contribution is 9.10. The van der Waals surface area contributed by atoms with Gasteiger partial charge in [-0.2, -0.15) is 5.26 Å². The summed E-state index contributed by atoms with van der Waals surface area (Å²) in [6.45, 7) is 5.96. The number of carboxylic acid groups (broad SMARTS) is 1. The predicted molar refractivity (Wildman–Crippen MR) is 116 cm³/mol. The van der Waals surface area contributed by atoms with E-state index in [2.05, 4.69) is 26.6 Å². The zero-order valence-electron chi connectivity index (χ0n) is 16.2. The minimum atomic E-state index is -0.820. The summed E-state index contributed by atoms with van der Waals surface area (Å²) in [7, 11) is 0. The van der Waals surface area contributed by atoms with E-state index in [0.29, 0.717) is 12.0 Å². The van der Waals surface area contributed by atoms with Gasteiger partial charge in [0.2, 0.25) is 0 Å². The van der Waals surface area contributed by atoms with E-state index < -0.39 is 5.97 Å². The normalized spacial score (nSPS) is 9.96. The van der Waals surface area contributed by atoms with E-state index in [1.54, 1.807) is 6.07 Å². The van der Waals surface area contributed by atoms with E-state index in [9.17, 15) is 4.79 Å². The standard InChI is InChI=1S/C21H17BrN2O2.C2H6/c1-14-12-15(13-23)2-9-19(14)24-18(8-11-21(25)26)7-10-20(24)16-3-5-17(22)6-4-16;1-2/h2-7,9-10,12H,8,11H2,1H3,(H,25,26);1-2H3. The number of aromatic nitrogens is 1. The Labute approximate surface area is 174 Å². The summed E-state index contributed by atoms with van der Waals surface area (Å²) < 4.78 is 3.09. The number of aliphatic carboxylic acids is 1. The number of hydrogen-bond acceptors (Lipinski definition) is 2. The molecule has 0 radical (unpaired) electrons. The highest BCUT2D eigenvalue weighted by Crippen LogP contribution is 2.30.